The summed E-state index contributed by atoms with van der Waals surface area (Å²) in [6.45, 7) is 1.73. The Morgan fingerprint density at radius 1 is 0.645 bits per heavy atom. The summed E-state index contributed by atoms with van der Waals surface area (Å²) >= 11 is 0. The predicted octanol–water partition coefficient (Wildman–Crippen LogP) is 3.48. The number of carbonyl (C=O) groups is 2. The van der Waals surface area contributed by atoms with Gasteiger partial charge < -0.3 is 0 Å². The largest absolute Gasteiger partial charge is 0.273 e. The topological polar surface area (TPSA) is 82.9 Å². The highest BCUT2D eigenvalue weighted by atomic mass is 16.2. The molecule has 0 fully saturated rings. The molecule has 0 spiro atoms. The molecule has 3 rings (SSSR count). The van der Waals surface area contributed by atoms with Crippen LogP contribution in [0.5, 0.6) is 0 Å². The fourth-order valence-corrected chi connectivity index (χ4v) is 2.91. The molecule has 3 aromatic carbocycles. The van der Waals surface area contributed by atoms with Crippen LogP contribution >= 0.6 is 0 Å². The van der Waals surface area contributed by atoms with Crippen LogP contribution in [0.2, 0.25) is 0 Å². The van der Waals surface area contributed by atoms with Crippen molar-refractivity contribution in [1.29, 1.82) is 0 Å². The van der Waals surface area contributed by atoms with Gasteiger partial charge in [0.15, 0.2) is 0 Å². The number of nitrogens with zero attached hydrogens (tertiary/aromatic N) is 2. The third kappa shape index (κ3) is 7.04. The SMILES string of the molecule is CC(=N\NC(=O)Cc1ccccc1)/C(=N/NC(=O)Cc1ccccc1)c1ccccc1. The monoisotopic (exact) mass is 412 g/mol. The van der Waals surface area contributed by atoms with Gasteiger partial charge in [-0.3, -0.25) is 9.59 Å². The minimum Gasteiger partial charge on any atom is -0.273 e. The van der Waals surface area contributed by atoms with Crippen molar-refractivity contribution in [2.45, 2.75) is 19.8 Å². The van der Waals surface area contributed by atoms with Gasteiger partial charge in [0.05, 0.1) is 18.6 Å². The average Bonchev–Trinajstić information content (AvgIpc) is 2.80. The van der Waals surface area contributed by atoms with Crippen molar-refractivity contribution >= 4 is 23.2 Å². The number of rotatable bonds is 8. The summed E-state index contributed by atoms with van der Waals surface area (Å²) in [5.74, 6) is -0.466. The molecule has 2 amide bonds. The van der Waals surface area contributed by atoms with Crippen LogP contribution in [0.4, 0.5) is 0 Å². The third-order valence-electron chi connectivity index (χ3n) is 4.45. The maximum absolute atomic E-state index is 12.3. The maximum Gasteiger partial charge on any atom is 0.244 e. The van der Waals surface area contributed by atoms with Crippen molar-refractivity contribution in [3.8, 4) is 0 Å². The van der Waals surface area contributed by atoms with Crippen LogP contribution in [0.3, 0.4) is 0 Å². The van der Waals surface area contributed by atoms with E-state index in [0.717, 1.165) is 16.7 Å². The standard InChI is InChI=1S/C25H24N4O2/c1-19(26-27-23(30)17-20-11-5-2-6-12-20)25(22-15-9-4-10-16-22)29-28-24(31)18-21-13-7-3-8-14-21/h2-16H,17-18H2,1H3,(H,27,30)(H,28,31)/b26-19+,29-25-. The highest BCUT2D eigenvalue weighted by Gasteiger charge is 2.11. The summed E-state index contributed by atoms with van der Waals surface area (Å²) in [6, 6.07) is 28.3. The molecule has 0 atom stereocenters. The second-order valence-corrected chi connectivity index (χ2v) is 6.92. The van der Waals surface area contributed by atoms with Gasteiger partial charge in [-0.1, -0.05) is 91.0 Å². The molecule has 0 saturated heterocycles. The number of hydrogen-bond donors (Lipinski definition) is 2. The Morgan fingerprint density at radius 2 is 1.06 bits per heavy atom. The average molecular weight is 412 g/mol. The van der Waals surface area contributed by atoms with Crippen LogP contribution in [0, 0.1) is 0 Å². The van der Waals surface area contributed by atoms with Crippen LogP contribution in [0.15, 0.2) is 101 Å². The molecular formula is C25H24N4O2. The molecule has 0 bridgehead atoms. The molecule has 6 nitrogen and oxygen atoms in total. The molecule has 0 aliphatic rings. The van der Waals surface area contributed by atoms with E-state index in [1.807, 2.05) is 91.0 Å². The van der Waals surface area contributed by atoms with Crippen molar-refractivity contribution in [2.75, 3.05) is 0 Å². The molecule has 0 unspecified atom stereocenters. The molecule has 2 N–H and O–H groups in total. The van der Waals surface area contributed by atoms with E-state index in [0.29, 0.717) is 11.4 Å². The summed E-state index contributed by atoms with van der Waals surface area (Å²) in [5.41, 5.74) is 8.69. The Hall–Kier alpha value is -4.06. The first kappa shape index (κ1) is 21.6. The van der Waals surface area contributed by atoms with Gasteiger partial charge in [0.25, 0.3) is 0 Å². The summed E-state index contributed by atoms with van der Waals surface area (Å²) in [7, 11) is 0. The van der Waals surface area contributed by atoms with E-state index in [1.54, 1.807) is 6.92 Å². The van der Waals surface area contributed by atoms with E-state index >= 15 is 0 Å². The van der Waals surface area contributed by atoms with E-state index in [4.69, 9.17) is 0 Å². The summed E-state index contributed by atoms with van der Waals surface area (Å²) in [5, 5.41) is 8.48. The highest BCUT2D eigenvalue weighted by molar-refractivity contribution is 6.47. The number of nitrogens with one attached hydrogen (secondary N) is 2. The molecule has 0 aromatic heterocycles. The molecule has 0 saturated carbocycles. The zero-order valence-electron chi connectivity index (χ0n) is 17.3. The van der Waals surface area contributed by atoms with Crippen molar-refractivity contribution in [2.24, 2.45) is 10.2 Å². The van der Waals surface area contributed by atoms with Gasteiger partial charge in [0.1, 0.15) is 5.71 Å². The van der Waals surface area contributed by atoms with Crippen LogP contribution in [0.25, 0.3) is 0 Å². The van der Waals surface area contributed by atoms with Crippen molar-refractivity contribution in [1.82, 2.24) is 10.9 Å². The van der Waals surface area contributed by atoms with Gasteiger partial charge in [-0.25, -0.2) is 10.9 Å². The van der Waals surface area contributed by atoms with Crippen molar-refractivity contribution in [3.05, 3.63) is 108 Å². The molecule has 6 heteroatoms. The second kappa shape index (κ2) is 11.2. The molecule has 0 radical (unpaired) electrons. The van der Waals surface area contributed by atoms with E-state index in [2.05, 4.69) is 21.1 Å². The van der Waals surface area contributed by atoms with Crippen molar-refractivity contribution in [3.63, 3.8) is 0 Å². The number of hydrogen-bond acceptors (Lipinski definition) is 4. The zero-order valence-corrected chi connectivity index (χ0v) is 17.3. The van der Waals surface area contributed by atoms with Gasteiger partial charge in [-0.2, -0.15) is 10.2 Å². The van der Waals surface area contributed by atoms with E-state index in [-0.39, 0.29) is 24.7 Å². The van der Waals surface area contributed by atoms with Gasteiger partial charge in [0.2, 0.25) is 11.8 Å². The van der Waals surface area contributed by atoms with Crippen molar-refractivity contribution < 1.29 is 9.59 Å². The van der Waals surface area contributed by atoms with Gasteiger partial charge >= 0.3 is 0 Å². The zero-order chi connectivity index (χ0) is 21.9. The molecular weight excluding hydrogens is 388 g/mol. The van der Waals surface area contributed by atoms with Gasteiger partial charge in [-0.05, 0) is 18.1 Å². The number of benzene rings is 3. The van der Waals surface area contributed by atoms with Gasteiger partial charge in [-0.15, -0.1) is 0 Å². The van der Waals surface area contributed by atoms with E-state index in [9.17, 15) is 9.59 Å². The fourth-order valence-electron chi connectivity index (χ4n) is 2.91. The third-order valence-corrected chi connectivity index (χ3v) is 4.45. The van der Waals surface area contributed by atoms with Crippen LogP contribution in [0.1, 0.15) is 23.6 Å². The Bertz CT molecular complexity index is 1060. The molecule has 156 valence electrons. The Morgan fingerprint density at radius 3 is 1.55 bits per heavy atom. The molecule has 0 heterocycles. The Kier molecular flexibility index (Phi) is 7.83. The first-order valence-electron chi connectivity index (χ1n) is 9.95. The smallest absolute Gasteiger partial charge is 0.244 e. The van der Waals surface area contributed by atoms with Crippen LogP contribution < -0.4 is 10.9 Å². The number of amides is 2. The number of carbonyl (C=O) groups excluding carboxylic acids is 2. The minimum absolute atomic E-state index is 0.219. The minimum atomic E-state index is -0.236. The van der Waals surface area contributed by atoms with E-state index < -0.39 is 0 Å². The summed E-state index contributed by atoms with van der Waals surface area (Å²) < 4.78 is 0. The molecule has 0 aliphatic heterocycles. The molecule has 0 aliphatic carbocycles. The van der Waals surface area contributed by atoms with Gasteiger partial charge in [0, 0.05) is 5.56 Å². The molecule has 3 aromatic rings. The quantitative estimate of drug-likeness (QED) is 0.439. The second-order valence-electron chi connectivity index (χ2n) is 6.92. The predicted molar refractivity (Wildman–Crippen MR) is 123 cm³/mol. The Balaban J connectivity index is 1.70. The first-order valence-corrected chi connectivity index (χ1v) is 9.95. The fraction of sp³-hybridized carbons (Fsp3) is 0.120. The summed E-state index contributed by atoms with van der Waals surface area (Å²) in [6.07, 6.45) is 0.444. The highest BCUT2D eigenvalue weighted by Crippen LogP contribution is 2.04. The maximum atomic E-state index is 12.3. The Labute approximate surface area is 181 Å². The lowest BCUT2D eigenvalue weighted by Gasteiger charge is -2.08. The van der Waals surface area contributed by atoms with E-state index in [1.165, 1.54) is 0 Å². The number of hydrazone groups is 2. The lowest BCUT2D eigenvalue weighted by atomic mass is 10.1. The van der Waals surface area contributed by atoms with Crippen LogP contribution in [-0.4, -0.2) is 23.2 Å². The lowest BCUT2D eigenvalue weighted by Crippen LogP contribution is -2.27. The van der Waals surface area contributed by atoms with Crippen LogP contribution in [-0.2, 0) is 22.4 Å². The first-order chi connectivity index (χ1) is 15.1. The lowest BCUT2D eigenvalue weighted by molar-refractivity contribution is -0.121. The normalized spacial score (nSPS) is 11.6. The summed E-state index contributed by atoms with van der Waals surface area (Å²) in [4.78, 5) is 24.5. The molecule has 31 heavy (non-hydrogen) atoms.